The van der Waals surface area contributed by atoms with E-state index in [0.717, 1.165) is 6.61 Å². The van der Waals surface area contributed by atoms with Gasteiger partial charge in [-0.1, -0.05) is 97.8 Å². The molecule has 1 aliphatic heterocycles. The lowest BCUT2D eigenvalue weighted by Crippen LogP contribution is -3.00. The number of hydrogen-bond acceptors (Lipinski definition) is 1. The Kier molecular flexibility index (Phi) is 18.9. The highest BCUT2D eigenvalue weighted by Crippen LogP contribution is 2.40. The highest BCUT2D eigenvalue weighted by atomic mass is 35.5. The molecule has 1 heterocycles. The third-order valence-corrected chi connectivity index (χ3v) is 7.38. The maximum absolute atomic E-state index is 6.12. The smallest absolute Gasteiger partial charge is 0.224 e. The largest absolute Gasteiger partial charge is 1.00 e. The minimum Gasteiger partial charge on any atom is -1.00 e. The van der Waals surface area contributed by atoms with Gasteiger partial charge in [0, 0.05) is 6.92 Å². The second-order valence-electron chi connectivity index (χ2n) is 10.1. The van der Waals surface area contributed by atoms with Gasteiger partial charge in [0.05, 0.1) is 19.6 Å². The van der Waals surface area contributed by atoms with Gasteiger partial charge in [0.1, 0.15) is 6.61 Å². The van der Waals surface area contributed by atoms with E-state index >= 15 is 0 Å². The van der Waals surface area contributed by atoms with Crippen molar-refractivity contribution in [3.63, 3.8) is 0 Å². The molecule has 0 aromatic carbocycles. The number of unbranched alkanes of at least 4 members (excludes halogenated alkanes) is 15. The molecule has 0 spiro atoms. The van der Waals surface area contributed by atoms with Crippen molar-refractivity contribution in [2.24, 2.45) is 0 Å². The summed E-state index contributed by atoms with van der Waals surface area (Å²) in [5, 5.41) is 0. The number of nitrogens with zero attached hydrogens (tertiary/aromatic N) is 1. The average molecular weight is 446 g/mol. The zero-order valence-electron chi connectivity index (χ0n) is 21.3. The predicted molar refractivity (Wildman–Crippen MR) is 129 cm³/mol. The van der Waals surface area contributed by atoms with Crippen molar-refractivity contribution < 1.29 is 21.6 Å². The van der Waals surface area contributed by atoms with E-state index in [1.807, 2.05) is 0 Å². The monoisotopic (exact) mass is 445 g/mol. The molecule has 0 bridgehead atoms. The summed E-state index contributed by atoms with van der Waals surface area (Å²) in [4.78, 5) is 0. The molecular weight excluding hydrogens is 390 g/mol. The Morgan fingerprint density at radius 1 is 0.533 bits per heavy atom. The molecule has 0 aromatic heterocycles. The van der Waals surface area contributed by atoms with Crippen LogP contribution >= 0.6 is 0 Å². The van der Waals surface area contributed by atoms with E-state index < -0.39 is 0 Å². The molecule has 1 aliphatic rings. The maximum atomic E-state index is 6.12. The fourth-order valence-corrected chi connectivity index (χ4v) is 5.01. The molecule has 0 amide bonds. The summed E-state index contributed by atoms with van der Waals surface area (Å²) in [5.74, 6) is 0. The fourth-order valence-electron chi connectivity index (χ4n) is 5.01. The molecule has 182 valence electrons. The first-order valence-electron chi connectivity index (χ1n) is 13.6. The van der Waals surface area contributed by atoms with Crippen LogP contribution in [-0.4, -0.2) is 36.4 Å². The Hall–Kier alpha value is 0.210. The van der Waals surface area contributed by atoms with Crippen LogP contribution in [0.25, 0.3) is 0 Å². The molecule has 1 fully saturated rings. The Balaban J connectivity index is 0.00000841. The first-order valence-corrected chi connectivity index (χ1v) is 13.6. The maximum Gasteiger partial charge on any atom is 0.224 e. The first-order chi connectivity index (χ1) is 14.1. The number of quaternary nitrogens is 1. The van der Waals surface area contributed by atoms with Crippen LogP contribution in [0.1, 0.15) is 143 Å². The van der Waals surface area contributed by atoms with Crippen molar-refractivity contribution >= 4 is 0 Å². The molecule has 2 nitrogen and oxygen atoms in total. The highest BCUT2D eigenvalue weighted by molar-refractivity contribution is 4.78. The number of epoxide rings is 1. The molecule has 3 heteroatoms. The molecule has 0 aliphatic carbocycles. The van der Waals surface area contributed by atoms with Crippen LogP contribution in [-0.2, 0) is 4.74 Å². The number of halogens is 1. The molecular formula is C27H56ClNO. The van der Waals surface area contributed by atoms with Crippen molar-refractivity contribution in [2.75, 3.05) is 26.2 Å². The lowest BCUT2D eigenvalue weighted by Gasteiger charge is -2.42. The van der Waals surface area contributed by atoms with E-state index in [-0.39, 0.29) is 18.1 Å². The van der Waals surface area contributed by atoms with Gasteiger partial charge in [-0.15, -0.1) is 0 Å². The molecule has 1 saturated heterocycles. The molecule has 1 rings (SSSR count). The topological polar surface area (TPSA) is 12.5 Å². The molecule has 0 saturated carbocycles. The zero-order valence-corrected chi connectivity index (χ0v) is 22.0. The van der Waals surface area contributed by atoms with Crippen LogP contribution in [0, 0.1) is 0 Å². The van der Waals surface area contributed by atoms with Gasteiger partial charge in [0.15, 0.2) is 0 Å². The molecule has 1 atom stereocenters. The van der Waals surface area contributed by atoms with Gasteiger partial charge in [-0.3, -0.25) is 4.48 Å². The molecule has 0 aromatic rings. The molecule has 0 N–H and O–H groups in total. The van der Waals surface area contributed by atoms with E-state index in [1.54, 1.807) is 0 Å². The van der Waals surface area contributed by atoms with Gasteiger partial charge in [0.25, 0.3) is 0 Å². The van der Waals surface area contributed by atoms with E-state index in [4.69, 9.17) is 4.74 Å². The third-order valence-electron chi connectivity index (χ3n) is 7.38. The SMILES string of the molecule is CCCCCCCC[N+](CCCCCCCC)(CCCCCCCC)C1(C)CO1.[Cl-]. The van der Waals surface area contributed by atoms with Gasteiger partial charge in [-0.2, -0.15) is 0 Å². The van der Waals surface area contributed by atoms with E-state index in [2.05, 4.69) is 27.7 Å². The Labute approximate surface area is 196 Å². The third kappa shape index (κ3) is 12.3. The summed E-state index contributed by atoms with van der Waals surface area (Å²) in [6.07, 6.45) is 25.3. The number of ether oxygens (including phenoxy) is 1. The standard InChI is InChI=1S/C27H56NO.ClH/c1-5-8-11-14-17-20-23-28(27(4)26-29-27,24-21-18-15-12-9-6-2)25-22-19-16-13-10-7-3;/h5-26H2,1-4H3;1H/q+1;/p-1. The van der Waals surface area contributed by atoms with Gasteiger partial charge in [0.2, 0.25) is 5.72 Å². The second kappa shape index (κ2) is 18.8. The van der Waals surface area contributed by atoms with Crippen molar-refractivity contribution in [3.05, 3.63) is 0 Å². The van der Waals surface area contributed by atoms with Crippen LogP contribution in [0.4, 0.5) is 0 Å². The van der Waals surface area contributed by atoms with Crippen molar-refractivity contribution in [1.82, 2.24) is 0 Å². The summed E-state index contributed by atoms with van der Waals surface area (Å²) in [6, 6.07) is 0. The van der Waals surface area contributed by atoms with Crippen molar-refractivity contribution in [3.8, 4) is 0 Å². The molecule has 30 heavy (non-hydrogen) atoms. The summed E-state index contributed by atoms with van der Waals surface area (Å²) in [6.45, 7) is 14.4. The second-order valence-corrected chi connectivity index (χ2v) is 10.1. The van der Waals surface area contributed by atoms with E-state index in [0.29, 0.717) is 0 Å². The van der Waals surface area contributed by atoms with Crippen LogP contribution in [0.5, 0.6) is 0 Å². The normalized spacial score (nSPS) is 18.4. The number of hydrogen-bond donors (Lipinski definition) is 0. The van der Waals surface area contributed by atoms with Crippen molar-refractivity contribution in [1.29, 1.82) is 0 Å². The van der Waals surface area contributed by atoms with Crippen LogP contribution in [0.3, 0.4) is 0 Å². The molecule has 1 unspecified atom stereocenters. The molecule has 0 radical (unpaired) electrons. The van der Waals surface area contributed by atoms with Crippen LogP contribution < -0.4 is 12.4 Å². The first kappa shape index (κ1) is 30.2. The van der Waals surface area contributed by atoms with E-state index in [1.165, 1.54) is 140 Å². The quantitative estimate of drug-likeness (QED) is 0.119. The average Bonchev–Trinajstić information content (AvgIpc) is 3.48. The van der Waals surface area contributed by atoms with Gasteiger partial charge in [-0.25, -0.2) is 0 Å². The fraction of sp³-hybridized carbons (Fsp3) is 1.00. The summed E-state index contributed by atoms with van der Waals surface area (Å²) >= 11 is 0. The van der Waals surface area contributed by atoms with Gasteiger partial charge < -0.3 is 17.1 Å². The summed E-state index contributed by atoms with van der Waals surface area (Å²) < 4.78 is 7.39. The lowest BCUT2D eigenvalue weighted by atomic mass is 10.0. The lowest BCUT2D eigenvalue weighted by molar-refractivity contribution is -0.970. The van der Waals surface area contributed by atoms with Crippen LogP contribution in [0.15, 0.2) is 0 Å². The van der Waals surface area contributed by atoms with E-state index in [9.17, 15) is 0 Å². The minimum atomic E-state index is 0. The Bertz CT molecular complexity index is 329. The minimum absolute atomic E-state index is 0. The zero-order chi connectivity index (χ0) is 21.3. The van der Waals surface area contributed by atoms with Crippen LogP contribution in [0.2, 0.25) is 0 Å². The summed E-state index contributed by atoms with van der Waals surface area (Å²) in [7, 11) is 0. The predicted octanol–water partition coefficient (Wildman–Crippen LogP) is 5.64. The highest BCUT2D eigenvalue weighted by Gasteiger charge is 2.57. The summed E-state index contributed by atoms with van der Waals surface area (Å²) in [5.41, 5.74) is 0.135. The van der Waals surface area contributed by atoms with Gasteiger partial charge in [-0.05, 0) is 38.5 Å². The Morgan fingerprint density at radius 2 is 0.800 bits per heavy atom. The van der Waals surface area contributed by atoms with Crippen molar-refractivity contribution in [2.45, 2.75) is 149 Å². The van der Waals surface area contributed by atoms with Gasteiger partial charge >= 0.3 is 0 Å². The number of rotatable bonds is 22. The Morgan fingerprint density at radius 3 is 1.07 bits per heavy atom.